The molecular formula is C22H26N6OS2. The third-order valence-electron chi connectivity index (χ3n) is 4.88. The van der Waals surface area contributed by atoms with Crippen LogP contribution in [0.5, 0.6) is 0 Å². The number of amides is 1. The second-order valence-electron chi connectivity index (χ2n) is 7.74. The van der Waals surface area contributed by atoms with E-state index in [0.717, 1.165) is 56.7 Å². The van der Waals surface area contributed by atoms with Crippen molar-refractivity contribution in [2.75, 3.05) is 27.2 Å². The molecule has 3 aromatic heterocycles. The van der Waals surface area contributed by atoms with Gasteiger partial charge in [-0.1, -0.05) is 6.07 Å². The van der Waals surface area contributed by atoms with Crippen LogP contribution in [-0.2, 0) is 11.2 Å². The van der Waals surface area contributed by atoms with Gasteiger partial charge in [-0.2, -0.15) is 0 Å². The predicted molar refractivity (Wildman–Crippen MR) is 128 cm³/mol. The van der Waals surface area contributed by atoms with Crippen molar-refractivity contribution in [1.29, 1.82) is 0 Å². The number of imidazole rings is 1. The normalized spacial score (nSPS) is 11.5. The number of aryl methyl sites for hydroxylation is 2. The number of carbonyl (C=O) groups is 1. The first-order valence-corrected chi connectivity index (χ1v) is 12.0. The zero-order chi connectivity index (χ0) is 21.8. The molecule has 0 aliphatic carbocycles. The molecule has 2 N–H and O–H groups in total. The van der Waals surface area contributed by atoms with Crippen LogP contribution in [-0.4, -0.2) is 57.9 Å². The van der Waals surface area contributed by atoms with Gasteiger partial charge in [-0.15, -0.1) is 22.7 Å². The monoisotopic (exact) mass is 454 g/mol. The van der Waals surface area contributed by atoms with Crippen molar-refractivity contribution < 1.29 is 4.79 Å². The number of fused-ring (bicyclic) bond motifs is 1. The molecule has 0 saturated carbocycles. The van der Waals surface area contributed by atoms with Crippen LogP contribution in [0.15, 0.2) is 29.1 Å². The topological polar surface area (TPSA) is 86.8 Å². The number of hydrogen-bond donors (Lipinski definition) is 2. The highest BCUT2D eigenvalue weighted by Gasteiger charge is 2.18. The van der Waals surface area contributed by atoms with Gasteiger partial charge in [-0.05, 0) is 46.1 Å². The summed E-state index contributed by atoms with van der Waals surface area (Å²) in [4.78, 5) is 31.6. The predicted octanol–water partition coefficient (Wildman–Crippen LogP) is 4.12. The van der Waals surface area contributed by atoms with Gasteiger partial charge in [0.25, 0.3) is 0 Å². The Hall–Kier alpha value is -2.62. The van der Waals surface area contributed by atoms with Gasteiger partial charge in [0.2, 0.25) is 5.91 Å². The van der Waals surface area contributed by atoms with Crippen molar-refractivity contribution in [2.45, 2.75) is 26.2 Å². The minimum absolute atomic E-state index is 0.0504. The quantitative estimate of drug-likeness (QED) is 0.372. The highest BCUT2D eigenvalue weighted by atomic mass is 32.1. The van der Waals surface area contributed by atoms with Crippen LogP contribution in [0.4, 0.5) is 0 Å². The molecule has 0 unspecified atom stereocenters. The SMILES string of the molecule is Cc1csc(-c2[nH]c(CCC(=O)NCCCN(C)C)nc2-c2ccc3ncsc3c2)n1. The van der Waals surface area contributed by atoms with E-state index >= 15 is 0 Å². The van der Waals surface area contributed by atoms with Crippen LogP contribution in [0.1, 0.15) is 24.4 Å². The van der Waals surface area contributed by atoms with Gasteiger partial charge < -0.3 is 15.2 Å². The van der Waals surface area contributed by atoms with Gasteiger partial charge in [0.05, 0.1) is 21.4 Å². The van der Waals surface area contributed by atoms with E-state index in [-0.39, 0.29) is 5.91 Å². The molecule has 0 spiro atoms. The van der Waals surface area contributed by atoms with E-state index in [1.54, 1.807) is 22.7 Å². The third-order valence-corrected chi connectivity index (χ3v) is 6.65. The first-order valence-electron chi connectivity index (χ1n) is 10.3. The van der Waals surface area contributed by atoms with Crippen LogP contribution in [0.2, 0.25) is 0 Å². The van der Waals surface area contributed by atoms with Crippen molar-refractivity contribution in [3.63, 3.8) is 0 Å². The van der Waals surface area contributed by atoms with Gasteiger partial charge in [-0.25, -0.2) is 15.0 Å². The van der Waals surface area contributed by atoms with E-state index < -0.39 is 0 Å². The second kappa shape index (κ2) is 9.67. The fraction of sp³-hybridized carbons (Fsp3) is 0.364. The Morgan fingerprint density at radius 2 is 2.10 bits per heavy atom. The van der Waals surface area contributed by atoms with Gasteiger partial charge >= 0.3 is 0 Å². The molecule has 0 atom stereocenters. The molecule has 162 valence electrons. The Balaban J connectivity index is 1.52. The lowest BCUT2D eigenvalue weighted by molar-refractivity contribution is -0.121. The molecule has 0 fully saturated rings. The number of aromatic nitrogens is 4. The molecule has 3 heterocycles. The summed E-state index contributed by atoms with van der Waals surface area (Å²) in [6.45, 7) is 3.64. The minimum Gasteiger partial charge on any atom is -0.356 e. The van der Waals surface area contributed by atoms with Crippen LogP contribution in [0, 0.1) is 6.92 Å². The zero-order valence-corrected chi connectivity index (χ0v) is 19.6. The van der Waals surface area contributed by atoms with Crippen LogP contribution < -0.4 is 5.32 Å². The lowest BCUT2D eigenvalue weighted by atomic mass is 10.1. The van der Waals surface area contributed by atoms with E-state index in [9.17, 15) is 4.79 Å². The summed E-state index contributed by atoms with van der Waals surface area (Å²) in [5, 5.41) is 5.93. The largest absolute Gasteiger partial charge is 0.356 e. The number of rotatable bonds is 9. The Labute approximate surface area is 189 Å². The Kier molecular flexibility index (Phi) is 6.74. The maximum Gasteiger partial charge on any atom is 0.220 e. The number of nitrogens with one attached hydrogen (secondary N) is 2. The Morgan fingerprint density at radius 3 is 2.87 bits per heavy atom. The van der Waals surface area contributed by atoms with Crippen molar-refractivity contribution in [2.24, 2.45) is 0 Å². The smallest absolute Gasteiger partial charge is 0.220 e. The summed E-state index contributed by atoms with van der Waals surface area (Å²) >= 11 is 3.21. The number of carbonyl (C=O) groups excluding carboxylic acids is 1. The molecule has 0 aliphatic heterocycles. The summed E-state index contributed by atoms with van der Waals surface area (Å²) < 4.78 is 1.13. The number of nitrogens with zero attached hydrogens (tertiary/aromatic N) is 4. The summed E-state index contributed by atoms with van der Waals surface area (Å²) in [5.74, 6) is 0.847. The lowest BCUT2D eigenvalue weighted by Crippen LogP contribution is -2.27. The molecule has 0 aliphatic rings. The van der Waals surface area contributed by atoms with Gasteiger partial charge in [0.15, 0.2) is 0 Å². The van der Waals surface area contributed by atoms with Gasteiger partial charge in [-0.3, -0.25) is 4.79 Å². The fourth-order valence-electron chi connectivity index (χ4n) is 3.32. The van der Waals surface area contributed by atoms with Crippen LogP contribution in [0.3, 0.4) is 0 Å². The maximum atomic E-state index is 12.2. The van der Waals surface area contributed by atoms with E-state index in [4.69, 9.17) is 4.98 Å². The van der Waals surface area contributed by atoms with E-state index in [1.165, 1.54) is 0 Å². The van der Waals surface area contributed by atoms with Crippen LogP contribution in [0.25, 0.3) is 32.2 Å². The van der Waals surface area contributed by atoms with Crippen LogP contribution >= 0.6 is 22.7 Å². The van der Waals surface area contributed by atoms with Crippen molar-refractivity contribution in [1.82, 2.24) is 30.2 Å². The summed E-state index contributed by atoms with van der Waals surface area (Å²) in [6, 6.07) is 6.19. The van der Waals surface area contributed by atoms with Gasteiger partial charge in [0, 0.05) is 36.0 Å². The second-order valence-corrected chi connectivity index (χ2v) is 9.49. The summed E-state index contributed by atoms with van der Waals surface area (Å²) in [6.07, 6.45) is 1.90. The Bertz CT molecular complexity index is 1180. The van der Waals surface area contributed by atoms with Crippen molar-refractivity contribution in [3.05, 3.63) is 40.6 Å². The average Bonchev–Trinajstić information content (AvgIpc) is 3.47. The first kappa shape index (κ1) is 21.6. The van der Waals surface area contributed by atoms with E-state index in [0.29, 0.717) is 19.4 Å². The number of hydrogen-bond acceptors (Lipinski definition) is 7. The summed E-state index contributed by atoms with van der Waals surface area (Å²) in [5.41, 5.74) is 6.62. The number of thiazole rings is 2. The molecule has 0 saturated heterocycles. The summed E-state index contributed by atoms with van der Waals surface area (Å²) in [7, 11) is 4.06. The molecule has 4 rings (SSSR count). The molecule has 9 heteroatoms. The molecule has 31 heavy (non-hydrogen) atoms. The molecule has 4 aromatic rings. The number of aromatic amines is 1. The maximum absolute atomic E-state index is 12.2. The molecule has 7 nitrogen and oxygen atoms in total. The lowest BCUT2D eigenvalue weighted by Gasteiger charge is -2.09. The third kappa shape index (κ3) is 5.36. The molecular weight excluding hydrogens is 428 g/mol. The first-order chi connectivity index (χ1) is 15.0. The van der Waals surface area contributed by atoms with Gasteiger partial charge in [0.1, 0.15) is 16.5 Å². The molecule has 1 aromatic carbocycles. The molecule has 0 bridgehead atoms. The number of benzene rings is 1. The number of H-pyrrole nitrogens is 1. The minimum atomic E-state index is 0.0504. The van der Waals surface area contributed by atoms with Crippen molar-refractivity contribution >= 4 is 38.8 Å². The standard InChI is InChI=1S/C22H26N6OS2/c1-14-12-30-22(25-14)21-20(15-5-6-16-17(11-15)31-13-24-16)26-18(27-21)7-8-19(29)23-9-4-10-28(2)3/h5-6,11-13H,4,7-10H2,1-3H3,(H,23,29)(H,26,27). The highest BCUT2D eigenvalue weighted by molar-refractivity contribution is 7.16. The van der Waals surface area contributed by atoms with Crippen molar-refractivity contribution in [3.8, 4) is 22.0 Å². The van der Waals surface area contributed by atoms with E-state index in [1.807, 2.05) is 44.0 Å². The molecule has 1 amide bonds. The zero-order valence-electron chi connectivity index (χ0n) is 17.9. The van der Waals surface area contributed by atoms with E-state index in [2.05, 4.69) is 31.2 Å². The Morgan fingerprint density at radius 1 is 1.23 bits per heavy atom. The molecule has 0 radical (unpaired) electrons. The average molecular weight is 455 g/mol. The highest BCUT2D eigenvalue weighted by Crippen LogP contribution is 2.34. The fourth-order valence-corrected chi connectivity index (χ4v) is 4.83.